The van der Waals surface area contributed by atoms with Crippen LogP contribution in [0.2, 0.25) is 15.5 Å². The van der Waals surface area contributed by atoms with Crippen molar-refractivity contribution in [3.63, 3.8) is 0 Å². The van der Waals surface area contributed by atoms with Gasteiger partial charge in [0.2, 0.25) is 29.7 Å². The monoisotopic (exact) mass is 1440 g/mol. The van der Waals surface area contributed by atoms with Crippen molar-refractivity contribution >= 4 is 107 Å². The van der Waals surface area contributed by atoms with Gasteiger partial charge in [-0.3, -0.25) is 15.0 Å². The molecule has 1 saturated carbocycles. The number of ether oxygens (including phenoxy) is 2. The number of hydrogen-bond donors (Lipinski definition) is 9. The number of hydrazine groups is 1. The standard InChI is InChI=1S/C22H29N5O3.C21H26N6O2.C10H8ClN3.C7H14N2O.C6H7BO2.C4H3Cl2N3/c1-22(2,3)30-21(29)27-11-7-10-16(14-27)18(28)13-24-19-12-17(25-20(23)26-19)15-8-5-4-6-9-15;1-21(2,3)29-20(28)26-11-7-10-15(13-26)18-24-17-12-16(14-8-5-4-6-9-14)23-19(22)27(17)25-18;11-9-6-8(13-10(12)14-9)7-4-2-1-3-5-7;8-9-7(10)6-4-2-1-3-5-6;8-7(9)6-4-2-1-3-5-6;5-2-1-3(6)9-4(7)8-2/h4-6,8-9,12,16H,7,10-11,13-14H2,1-3H3,(H3,23,24,25,26);4-6,8-9,12,15H,7,10-11,13H2,1-3H3,(H2,22,23);1-6H,(H2,12,13,14);6H,1-5,8H2,(H,9,10);1-5,8-9H;1H,(H2,7,8,9)/t;15-;;;;/m.1..../s1. The SMILES string of the molecule is CC(C)(C)OC(=O)N1CCCC(C(=O)CNc2cc(-c3ccccc3)nc(N)n2)C1.CC(C)(C)OC(=O)N1CCC[C@@H](c2nc3cc(-c4ccccc4)nc(N)n3n2)C1.NNC(=O)C1CCCCC1.Nc1nc(Cl)cc(-c2ccccc2)n1.Nc1nc(Cl)cc(Cl)n1.OB(O)c1ccccc1. The summed E-state index contributed by atoms with van der Waals surface area (Å²) in [6.07, 6.45) is 8.31. The molecular weight excluding hydrogens is 1350 g/mol. The number of nitrogen functional groups attached to an aromatic ring is 4. The van der Waals surface area contributed by atoms with Gasteiger partial charge in [0.15, 0.2) is 17.3 Å². The summed E-state index contributed by atoms with van der Waals surface area (Å²) in [5.41, 5.74) is 30.0. The van der Waals surface area contributed by atoms with Crippen LogP contribution in [0, 0.1) is 11.8 Å². The zero-order valence-corrected chi connectivity index (χ0v) is 59.6. The van der Waals surface area contributed by atoms with Gasteiger partial charge in [0.05, 0.1) is 23.6 Å². The molecular formula is C70H87BCl3N19O8. The summed E-state index contributed by atoms with van der Waals surface area (Å²) in [6.45, 7) is 13.4. The number of nitrogens with one attached hydrogen (secondary N) is 2. The fraction of sp³-hybridized carbons (Fsp3) is 0.357. The highest BCUT2D eigenvalue weighted by molar-refractivity contribution is 6.58. The van der Waals surface area contributed by atoms with Gasteiger partial charge in [-0.15, -0.1) is 5.10 Å². The van der Waals surface area contributed by atoms with Gasteiger partial charge in [-0.1, -0.05) is 175 Å². The van der Waals surface area contributed by atoms with Gasteiger partial charge < -0.3 is 57.6 Å². The van der Waals surface area contributed by atoms with Crippen LogP contribution in [0.5, 0.6) is 0 Å². The number of amides is 3. The molecule has 2 aliphatic heterocycles. The van der Waals surface area contributed by atoms with Crippen molar-refractivity contribution in [1.82, 2.24) is 64.7 Å². The second-order valence-electron chi connectivity index (χ2n) is 25.6. The fourth-order valence-corrected chi connectivity index (χ4v) is 11.2. The van der Waals surface area contributed by atoms with E-state index in [1.54, 1.807) is 50.7 Å². The maximum absolute atomic E-state index is 12.7. The van der Waals surface area contributed by atoms with Crippen molar-refractivity contribution in [2.75, 3.05) is 61.0 Å². The number of ketones is 1. The topological polar surface area (TPSA) is 408 Å². The van der Waals surface area contributed by atoms with Crippen molar-refractivity contribution in [3.8, 4) is 33.8 Å². The highest BCUT2D eigenvalue weighted by atomic mass is 35.5. The minimum Gasteiger partial charge on any atom is -0.444 e. The molecule has 3 aliphatic rings. The van der Waals surface area contributed by atoms with Crippen LogP contribution < -0.4 is 45.0 Å². The molecule has 5 aromatic heterocycles. The van der Waals surface area contributed by atoms with E-state index >= 15 is 0 Å². The van der Waals surface area contributed by atoms with Crippen LogP contribution in [0.15, 0.2) is 146 Å². The van der Waals surface area contributed by atoms with E-state index in [1.807, 2.05) is 145 Å². The molecule has 0 radical (unpaired) electrons. The third-order valence-electron chi connectivity index (χ3n) is 15.3. The predicted molar refractivity (Wildman–Crippen MR) is 395 cm³/mol. The normalized spacial score (nSPS) is 15.1. The molecule has 2 saturated heterocycles. The van der Waals surface area contributed by atoms with E-state index in [0.717, 1.165) is 66.6 Å². The molecule has 9 aromatic rings. The molecule has 31 heteroatoms. The summed E-state index contributed by atoms with van der Waals surface area (Å²) in [7, 11) is -1.34. The molecule has 1 aliphatic carbocycles. The zero-order valence-electron chi connectivity index (χ0n) is 57.3. The molecule has 7 heterocycles. The summed E-state index contributed by atoms with van der Waals surface area (Å²) in [4.78, 5) is 84.5. The molecule has 4 aromatic carbocycles. The number of fused-ring (bicyclic) bond motifs is 1. The molecule has 3 fully saturated rings. The Morgan fingerprint density at radius 2 is 0.980 bits per heavy atom. The van der Waals surface area contributed by atoms with E-state index in [-0.39, 0.29) is 76.3 Å². The number of rotatable bonds is 10. The Hall–Kier alpha value is -9.84. The van der Waals surface area contributed by atoms with E-state index in [2.05, 4.69) is 50.7 Å². The average Bonchev–Trinajstić information content (AvgIpc) is 1.65. The number of piperidine rings is 2. The Balaban J connectivity index is 0.000000184. The van der Waals surface area contributed by atoms with Gasteiger partial charge in [-0.25, -0.2) is 50.3 Å². The molecule has 534 valence electrons. The molecule has 0 spiro atoms. The molecule has 27 nitrogen and oxygen atoms in total. The lowest BCUT2D eigenvalue weighted by molar-refractivity contribution is -0.126. The molecule has 12 rings (SSSR count). The number of carbonyl (C=O) groups is 4. The smallest absolute Gasteiger partial charge is 0.444 e. The number of aromatic nitrogens is 10. The van der Waals surface area contributed by atoms with Crippen molar-refractivity contribution in [2.24, 2.45) is 17.7 Å². The number of nitrogens with two attached hydrogens (primary N) is 5. The maximum Gasteiger partial charge on any atom is 0.488 e. The number of benzene rings is 4. The van der Waals surface area contributed by atoms with Gasteiger partial charge >= 0.3 is 19.3 Å². The summed E-state index contributed by atoms with van der Waals surface area (Å²) in [6, 6.07) is 44.6. The Morgan fingerprint density at radius 3 is 1.46 bits per heavy atom. The third-order valence-corrected chi connectivity index (χ3v) is 15.9. The van der Waals surface area contributed by atoms with E-state index < -0.39 is 18.3 Å². The van der Waals surface area contributed by atoms with Gasteiger partial charge in [0.25, 0.3) is 0 Å². The van der Waals surface area contributed by atoms with Crippen LogP contribution >= 0.6 is 34.8 Å². The number of nitrogens with zero attached hydrogens (tertiary/aromatic N) is 12. The number of halogens is 3. The number of likely N-dealkylation sites (tertiary alicyclic amines) is 2. The first-order valence-corrected chi connectivity index (χ1v) is 34.0. The van der Waals surface area contributed by atoms with Crippen molar-refractivity contribution < 1.29 is 38.7 Å². The van der Waals surface area contributed by atoms with E-state index in [1.165, 1.54) is 25.3 Å². The van der Waals surface area contributed by atoms with Crippen LogP contribution in [0.1, 0.15) is 111 Å². The number of hydrogen-bond acceptors (Lipinski definition) is 23. The zero-order chi connectivity index (χ0) is 73.2. The Labute approximate surface area is 602 Å². The van der Waals surface area contributed by atoms with Crippen molar-refractivity contribution in [1.29, 1.82) is 0 Å². The molecule has 2 atom stereocenters. The van der Waals surface area contributed by atoms with Crippen molar-refractivity contribution in [2.45, 2.75) is 116 Å². The lowest BCUT2D eigenvalue weighted by Gasteiger charge is -2.33. The van der Waals surface area contributed by atoms with Crippen LogP contribution in [-0.4, -0.2) is 144 Å². The third kappa shape index (κ3) is 26.3. The Kier molecular flexibility index (Phi) is 29.6. The lowest BCUT2D eigenvalue weighted by atomic mass is 9.81. The van der Waals surface area contributed by atoms with Gasteiger partial charge in [-0.05, 0) is 85.5 Å². The molecule has 0 bridgehead atoms. The minimum atomic E-state index is -1.34. The van der Waals surface area contributed by atoms with Gasteiger partial charge in [0, 0.05) is 84.9 Å². The molecule has 3 amide bonds. The fourth-order valence-electron chi connectivity index (χ4n) is 10.6. The summed E-state index contributed by atoms with van der Waals surface area (Å²) in [5.74, 6) is 6.93. The van der Waals surface area contributed by atoms with E-state index in [4.69, 9.17) is 88.1 Å². The van der Waals surface area contributed by atoms with E-state index in [0.29, 0.717) is 65.7 Å². The van der Waals surface area contributed by atoms with Crippen molar-refractivity contribution in [3.05, 3.63) is 167 Å². The first-order valence-electron chi connectivity index (χ1n) is 32.8. The van der Waals surface area contributed by atoms with Crippen LogP contribution in [-0.2, 0) is 19.1 Å². The molecule has 14 N–H and O–H groups in total. The second-order valence-corrected chi connectivity index (χ2v) is 26.8. The summed E-state index contributed by atoms with van der Waals surface area (Å²) >= 11 is 16.6. The van der Waals surface area contributed by atoms with Gasteiger partial charge in [-0.2, -0.15) is 9.50 Å². The first-order chi connectivity index (χ1) is 48.1. The quantitative estimate of drug-likeness (QED) is 0.0202. The largest absolute Gasteiger partial charge is 0.488 e. The predicted octanol–water partition coefficient (Wildman–Crippen LogP) is 10.5. The first kappa shape index (κ1) is 78.5. The summed E-state index contributed by atoms with van der Waals surface area (Å²) in [5, 5.41) is 25.7. The minimum absolute atomic E-state index is 0.0136. The average molecular weight is 1440 g/mol. The maximum atomic E-state index is 12.7. The highest BCUT2D eigenvalue weighted by Crippen LogP contribution is 2.30. The number of anilines is 5. The highest BCUT2D eigenvalue weighted by Gasteiger charge is 2.33. The molecule has 1 unspecified atom stereocenters. The van der Waals surface area contributed by atoms with Crippen LogP contribution in [0.25, 0.3) is 39.4 Å². The summed E-state index contributed by atoms with van der Waals surface area (Å²) < 4.78 is 12.5. The van der Waals surface area contributed by atoms with Gasteiger partial charge in [0.1, 0.15) is 32.5 Å². The van der Waals surface area contributed by atoms with Crippen LogP contribution in [0.3, 0.4) is 0 Å². The Morgan fingerprint density at radius 1 is 0.535 bits per heavy atom. The molecule has 101 heavy (non-hydrogen) atoms. The number of Topliss-reactive ketones (excluding diaryl/α,β-unsaturated/α-hetero) is 1. The Bertz CT molecular complexity index is 4050. The second kappa shape index (κ2) is 38.1. The number of carbonyl (C=O) groups excluding carboxylic acids is 4. The van der Waals surface area contributed by atoms with E-state index in [9.17, 15) is 19.2 Å². The van der Waals surface area contributed by atoms with Crippen LogP contribution in [0.4, 0.5) is 39.2 Å². The lowest BCUT2D eigenvalue weighted by Crippen LogP contribution is -2.45.